The van der Waals surface area contributed by atoms with Crippen molar-refractivity contribution in [3.63, 3.8) is 0 Å². The molecule has 0 radical (unpaired) electrons. The fourth-order valence-electron chi connectivity index (χ4n) is 7.82. The number of hydrogen-bond donors (Lipinski definition) is 5. The molecule has 0 bridgehead atoms. The number of nitrogens with zero attached hydrogens (tertiary/aromatic N) is 2. The molecular formula is C44H73FN6O5S. The van der Waals surface area contributed by atoms with Gasteiger partial charge in [0.15, 0.2) is 0 Å². The zero-order valence-corrected chi connectivity index (χ0v) is 37.0. The summed E-state index contributed by atoms with van der Waals surface area (Å²) in [7, 11) is 0. The molecule has 1 aromatic carbocycles. The van der Waals surface area contributed by atoms with Crippen molar-refractivity contribution in [2.24, 2.45) is 23.2 Å². The van der Waals surface area contributed by atoms with Gasteiger partial charge in [-0.1, -0.05) is 73.3 Å². The Kier molecular flexibility index (Phi) is 19.9. The molecule has 13 heteroatoms. The maximum Gasteiger partial charge on any atom is 0.309 e. The van der Waals surface area contributed by atoms with E-state index in [1.54, 1.807) is 25.3 Å². The van der Waals surface area contributed by atoms with E-state index in [9.17, 15) is 23.9 Å². The third-order valence-corrected chi connectivity index (χ3v) is 12.5. The summed E-state index contributed by atoms with van der Waals surface area (Å²) in [5, 5.41) is 22.6. The minimum Gasteiger partial charge on any atom is -0.481 e. The zero-order chi connectivity index (χ0) is 42.3. The van der Waals surface area contributed by atoms with Crippen LogP contribution in [0.15, 0.2) is 23.6 Å². The van der Waals surface area contributed by atoms with Crippen LogP contribution in [0.2, 0.25) is 0 Å². The summed E-state index contributed by atoms with van der Waals surface area (Å²) in [5.74, 6) is -0.950. The number of thiazole rings is 1. The molecule has 0 saturated carbocycles. The van der Waals surface area contributed by atoms with Crippen LogP contribution in [-0.2, 0) is 20.7 Å². The van der Waals surface area contributed by atoms with Crippen molar-refractivity contribution in [3.05, 3.63) is 45.7 Å². The number of unbranched alkanes of at least 4 members (excludes halogenated alkanes) is 3. The molecule has 1 aliphatic heterocycles. The van der Waals surface area contributed by atoms with Gasteiger partial charge in [-0.15, -0.1) is 11.3 Å². The molecule has 11 nitrogen and oxygen atoms in total. The molecule has 6 N–H and O–H groups in total. The summed E-state index contributed by atoms with van der Waals surface area (Å²) in [6.07, 6.45) is 7.72. The van der Waals surface area contributed by atoms with Gasteiger partial charge < -0.3 is 36.4 Å². The van der Waals surface area contributed by atoms with E-state index in [0.29, 0.717) is 42.1 Å². The number of amides is 2. The number of benzene rings is 1. The van der Waals surface area contributed by atoms with Crippen molar-refractivity contribution in [2.75, 3.05) is 32.0 Å². The summed E-state index contributed by atoms with van der Waals surface area (Å²) < 4.78 is 20.7. The molecule has 1 unspecified atom stereocenters. The van der Waals surface area contributed by atoms with Gasteiger partial charge >= 0.3 is 5.97 Å². The predicted octanol–water partition coefficient (Wildman–Crippen LogP) is 8.00. The van der Waals surface area contributed by atoms with E-state index in [4.69, 9.17) is 15.5 Å². The Labute approximate surface area is 345 Å². The van der Waals surface area contributed by atoms with E-state index in [2.05, 4.69) is 62.4 Å². The summed E-state index contributed by atoms with van der Waals surface area (Å²) in [6.45, 7) is 21.1. The van der Waals surface area contributed by atoms with Crippen molar-refractivity contribution >= 4 is 34.8 Å². The lowest BCUT2D eigenvalue weighted by molar-refractivity contribution is -0.147. The monoisotopic (exact) mass is 817 g/mol. The molecule has 1 fully saturated rings. The molecule has 57 heavy (non-hydrogen) atoms. The van der Waals surface area contributed by atoms with Gasteiger partial charge in [0.25, 0.3) is 5.91 Å². The Hall–Kier alpha value is -3.13. The van der Waals surface area contributed by atoms with Crippen LogP contribution in [0.3, 0.4) is 0 Å². The molecule has 1 aromatic heterocycles. The Morgan fingerprint density at radius 3 is 2.51 bits per heavy atom. The van der Waals surface area contributed by atoms with E-state index < -0.39 is 35.3 Å². The number of anilines is 1. The van der Waals surface area contributed by atoms with Crippen molar-refractivity contribution in [1.29, 1.82) is 0 Å². The standard InChI is InChI=1S/C44H73FN6O5S/c1-10-13-14-15-20-51(42(53)39(30(7)11-2)48-26-33-21-29(6)18-19-47-33)37(28(4)5)24-38(56-12-3)41-50-36(27-57-41)40(52)49-32(25-44(8,9)43(54)55)22-31-16-17-35(46)34(45)23-31/h16-17,23,27-30,32-33,37-39,47-48H,10-15,18-22,24-26,46H2,1-9H3,(H,49,52)(H,54,55)/t29-,30+,32+,33?,37-,38-,39+/m1/s1. The van der Waals surface area contributed by atoms with E-state index in [1.165, 1.54) is 29.9 Å². The Morgan fingerprint density at radius 2 is 1.89 bits per heavy atom. The van der Waals surface area contributed by atoms with Crippen molar-refractivity contribution in [2.45, 2.75) is 157 Å². The van der Waals surface area contributed by atoms with E-state index in [0.717, 1.165) is 51.6 Å². The molecule has 3 rings (SSSR count). The van der Waals surface area contributed by atoms with Crippen LogP contribution in [0.1, 0.15) is 147 Å². The van der Waals surface area contributed by atoms with E-state index in [1.807, 2.05) is 6.92 Å². The van der Waals surface area contributed by atoms with Crippen molar-refractivity contribution in [3.8, 4) is 0 Å². The minimum absolute atomic E-state index is 0.0154. The molecule has 2 aromatic rings. The van der Waals surface area contributed by atoms with Crippen LogP contribution in [0.5, 0.6) is 0 Å². The highest BCUT2D eigenvalue weighted by Crippen LogP contribution is 2.32. The third-order valence-electron chi connectivity index (χ3n) is 11.6. The second-order valence-corrected chi connectivity index (χ2v) is 18.2. The number of carboxylic acids is 1. The smallest absolute Gasteiger partial charge is 0.309 e. The number of piperidine rings is 1. The average molecular weight is 817 g/mol. The van der Waals surface area contributed by atoms with Gasteiger partial charge in [0.2, 0.25) is 5.91 Å². The lowest BCUT2D eigenvalue weighted by Gasteiger charge is -2.40. The molecule has 322 valence electrons. The third kappa shape index (κ3) is 14.9. The highest BCUT2D eigenvalue weighted by molar-refractivity contribution is 7.09. The topological polar surface area (TPSA) is 159 Å². The maximum atomic E-state index is 14.8. The zero-order valence-electron chi connectivity index (χ0n) is 36.2. The lowest BCUT2D eigenvalue weighted by Crippen LogP contribution is -2.57. The Morgan fingerprint density at radius 1 is 1.16 bits per heavy atom. The fourth-order valence-corrected chi connectivity index (χ4v) is 8.68. The lowest BCUT2D eigenvalue weighted by atomic mass is 9.84. The van der Waals surface area contributed by atoms with Crippen LogP contribution < -0.4 is 21.7 Å². The van der Waals surface area contributed by atoms with Gasteiger partial charge in [-0.3, -0.25) is 14.4 Å². The number of carbonyl (C=O) groups excluding carboxylic acids is 2. The normalized spacial score (nSPS) is 18.8. The van der Waals surface area contributed by atoms with Gasteiger partial charge in [-0.25, -0.2) is 9.37 Å². The Balaban J connectivity index is 1.88. The maximum absolute atomic E-state index is 14.8. The first-order valence-corrected chi connectivity index (χ1v) is 22.3. The SMILES string of the molecule is CCCCCCN(C(=O)[C@@H](NCC1C[C@H](C)CCN1)[C@@H](C)CC)[C@H](C[C@@H](OCC)c1nc(C(=O)N[C@@H](Cc2ccc(N)c(F)c2)CC(C)(C)C(=O)O)cs1)C(C)C. The first kappa shape index (κ1) is 48.2. The van der Waals surface area contributed by atoms with Crippen LogP contribution in [0, 0.1) is 29.0 Å². The number of nitrogen functional groups attached to an aromatic ring is 1. The first-order valence-electron chi connectivity index (χ1n) is 21.4. The average Bonchev–Trinajstić information content (AvgIpc) is 3.65. The van der Waals surface area contributed by atoms with E-state index >= 15 is 0 Å². The Bertz CT molecular complexity index is 1550. The number of nitrogens with two attached hydrogens (primary N) is 1. The van der Waals surface area contributed by atoms with Gasteiger partial charge in [0.05, 0.1) is 17.1 Å². The molecule has 1 aliphatic rings. The number of carbonyl (C=O) groups is 3. The van der Waals surface area contributed by atoms with Crippen LogP contribution in [-0.4, -0.2) is 83.2 Å². The van der Waals surface area contributed by atoms with Crippen LogP contribution in [0.4, 0.5) is 10.1 Å². The molecule has 7 atom stereocenters. The van der Waals surface area contributed by atoms with Crippen LogP contribution in [0.25, 0.3) is 0 Å². The van der Waals surface area contributed by atoms with Gasteiger partial charge in [-0.2, -0.15) is 0 Å². The number of rotatable bonds is 25. The highest BCUT2D eigenvalue weighted by atomic mass is 32.1. The van der Waals surface area contributed by atoms with Crippen molar-refractivity contribution in [1.82, 2.24) is 25.8 Å². The fraction of sp³-hybridized carbons (Fsp3) is 0.727. The summed E-state index contributed by atoms with van der Waals surface area (Å²) in [5.41, 5.74) is 5.33. The van der Waals surface area contributed by atoms with Crippen LogP contribution >= 0.6 is 11.3 Å². The second-order valence-electron chi connectivity index (χ2n) is 17.3. The summed E-state index contributed by atoms with van der Waals surface area (Å²) in [4.78, 5) is 47.6. The number of ether oxygens (including phenoxy) is 1. The molecule has 2 amide bonds. The molecule has 0 spiro atoms. The molecule has 0 aliphatic carbocycles. The molecular weight excluding hydrogens is 744 g/mol. The molecule has 2 heterocycles. The second kappa shape index (κ2) is 23.5. The number of hydrogen-bond acceptors (Lipinski definition) is 9. The van der Waals surface area contributed by atoms with Crippen molar-refractivity contribution < 1.29 is 28.6 Å². The molecule has 1 saturated heterocycles. The minimum atomic E-state index is -1.15. The summed E-state index contributed by atoms with van der Waals surface area (Å²) in [6, 6.07) is 3.72. The van der Waals surface area contributed by atoms with Gasteiger partial charge in [0.1, 0.15) is 22.6 Å². The highest BCUT2D eigenvalue weighted by Gasteiger charge is 2.37. The van der Waals surface area contributed by atoms with Gasteiger partial charge in [0, 0.05) is 49.6 Å². The van der Waals surface area contributed by atoms with Gasteiger partial charge in [-0.05, 0) is 94.9 Å². The number of aliphatic carboxylic acids is 1. The quantitative estimate of drug-likeness (QED) is 0.0495. The first-order chi connectivity index (χ1) is 27.0. The largest absolute Gasteiger partial charge is 0.481 e. The summed E-state index contributed by atoms with van der Waals surface area (Å²) >= 11 is 1.34. The number of carboxylic acid groups (broad SMARTS) is 1. The predicted molar refractivity (Wildman–Crippen MR) is 229 cm³/mol. The number of aromatic nitrogens is 1. The van der Waals surface area contributed by atoms with E-state index in [-0.39, 0.29) is 54.0 Å². The number of halogens is 1. The number of nitrogens with one attached hydrogen (secondary N) is 3.